The maximum absolute atomic E-state index is 12.8. The summed E-state index contributed by atoms with van der Waals surface area (Å²) in [7, 11) is 0. The Kier molecular flexibility index (Phi) is 2.81. The molecule has 0 unspecified atom stereocenters. The van der Waals surface area contributed by atoms with Crippen LogP contribution in [0.2, 0.25) is 0 Å². The van der Waals surface area contributed by atoms with Crippen molar-refractivity contribution in [2.75, 3.05) is 13.1 Å². The number of aromatic nitrogens is 2. The summed E-state index contributed by atoms with van der Waals surface area (Å²) in [5.41, 5.74) is 0.693. The largest absolute Gasteiger partial charge is 0.390 e. The molecule has 0 aliphatic carbocycles. The van der Waals surface area contributed by atoms with E-state index < -0.39 is 0 Å². The summed E-state index contributed by atoms with van der Waals surface area (Å²) in [6.45, 7) is 1.84. The zero-order valence-corrected chi connectivity index (χ0v) is 9.58. The number of likely N-dealkylation sites (tertiary alicyclic amines) is 1. The van der Waals surface area contributed by atoms with Gasteiger partial charge in [0.2, 0.25) is 0 Å². The average molecular weight is 249 g/mol. The van der Waals surface area contributed by atoms with E-state index in [4.69, 9.17) is 9.63 Å². The van der Waals surface area contributed by atoms with Crippen molar-refractivity contribution in [3.05, 3.63) is 35.9 Å². The molecule has 18 heavy (non-hydrogen) atoms. The third kappa shape index (κ3) is 2.25. The molecule has 0 radical (unpaired) electrons. The molecule has 1 N–H and O–H groups in total. The van der Waals surface area contributed by atoms with Crippen molar-refractivity contribution in [1.29, 1.82) is 0 Å². The first-order valence-electron chi connectivity index (χ1n) is 5.69. The van der Waals surface area contributed by atoms with Gasteiger partial charge in [-0.1, -0.05) is 5.16 Å². The molecule has 3 rings (SSSR count). The molecule has 0 saturated carbocycles. The number of hydrogen-bond acceptors (Lipinski definition) is 5. The minimum Gasteiger partial charge on any atom is -0.390 e. The van der Waals surface area contributed by atoms with Crippen LogP contribution in [-0.2, 0) is 6.54 Å². The topological polar surface area (TPSA) is 62.4 Å². The Hall–Kier alpha value is -1.79. The fraction of sp³-hybridized carbons (Fsp3) is 0.333. The number of aliphatic hydroxyl groups is 1. The summed E-state index contributed by atoms with van der Waals surface area (Å²) in [6, 6.07) is 5.90. The Morgan fingerprint density at radius 2 is 2.06 bits per heavy atom. The Labute approximate surface area is 103 Å². The van der Waals surface area contributed by atoms with Gasteiger partial charge in [-0.15, -0.1) is 0 Å². The zero-order chi connectivity index (χ0) is 12.5. The van der Waals surface area contributed by atoms with Crippen molar-refractivity contribution < 1.29 is 14.0 Å². The maximum atomic E-state index is 12.8. The van der Waals surface area contributed by atoms with E-state index in [1.54, 1.807) is 12.1 Å². The molecule has 1 saturated heterocycles. The summed E-state index contributed by atoms with van der Waals surface area (Å²) >= 11 is 0. The summed E-state index contributed by atoms with van der Waals surface area (Å²) in [5, 5.41) is 13.0. The van der Waals surface area contributed by atoms with Crippen LogP contribution in [0.1, 0.15) is 5.82 Å². The van der Waals surface area contributed by atoms with Crippen LogP contribution in [0.25, 0.3) is 11.5 Å². The van der Waals surface area contributed by atoms with E-state index >= 15 is 0 Å². The van der Waals surface area contributed by atoms with E-state index in [0.29, 0.717) is 36.9 Å². The lowest BCUT2D eigenvalue weighted by molar-refractivity contribution is -0.00461. The highest BCUT2D eigenvalue weighted by atomic mass is 19.1. The van der Waals surface area contributed by atoms with Gasteiger partial charge in [-0.3, -0.25) is 4.90 Å². The first-order chi connectivity index (χ1) is 8.70. The van der Waals surface area contributed by atoms with Gasteiger partial charge in [0.1, 0.15) is 5.82 Å². The molecule has 0 spiro atoms. The van der Waals surface area contributed by atoms with Gasteiger partial charge in [-0.2, -0.15) is 4.98 Å². The number of hydrogen-bond donors (Lipinski definition) is 1. The predicted octanol–water partition coefficient (Wildman–Crippen LogP) is 1.05. The van der Waals surface area contributed by atoms with Crippen molar-refractivity contribution in [2.45, 2.75) is 12.6 Å². The Balaban J connectivity index is 1.71. The average Bonchev–Trinajstić information content (AvgIpc) is 2.77. The van der Waals surface area contributed by atoms with Crippen molar-refractivity contribution in [3.63, 3.8) is 0 Å². The lowest BCUT2D eigenvalue weighted by Gasteiger charge is -2.34. The van der Waals surface area contributed by atoms with Crippen molar-refractivity contribution in [2.24, 2.45) is 0 Å². The van der Waals surface area contributed by atoms with E-state index in [2.05, 4.69) is 10.1 Å². The minimum atomic E-state index is -0.298. The molecule has 0 amide bonds. The van der Waals surface area contributed by atoms with Crippen LogP contribution in [0, 0.1) is 5.82 Å². The quantitative estimate of drug-likeness (QED) is 0.881. The standard InChI is InChI=1S/C12H12FN3O2/c13-9-3-1-8(2-4-9)12-14-11(15-18-12)7-16-5-10(17)6-16/h1-4,10,17H,5-7H2. The summed E-state index contributed by atoms with van der Waals surface area (Å²) in [5.74, 6) is 0.653. The SMILES string of the molecule is OC1CN(Cc2noc(-c3ccc(F)cc3)n2)C1. The van der Waals surface area contributed by atoms with Crippen LogP contribution in [0.4, 0.5) is 4.39 Å². The molecule has 94 valence electrons. The monoisotopic (exact) mass is 249 g/mol. The van der Waals surface area contributed by atoms with Gasteiger partial charge < -0.3 is 9.63 Å². The van der Waals surface area contributed by atoms with Crippen LogP contribution < -0.4 is 0 Å². The summed E-state index contributed by atoms with van der Waals surface area (Å²) in [4.78, 5) is 6.25. The van der Waals surface area contributed by atoms with Crippen LogP contribution in [0.3, 0.4) is 0 Å². The molecular weight excluding hydrogens is 237 g/mol. The number of benzene rings is 1. The van der Waals surface area contributed by atoms with Crippen molar-refractivity contribution in [1.82, 2.24) is 15.0 Å². The number of aliphatic hydroxyl groups excluding tert-OH is 1. The minimum absolute atomic E-state index is 0.242. The second-order valence-electron chi connectivity index (χ2n) is 4.37. The second-order valence-corrected chi connectivity index (χ2v) is 4.37. The van der Waals surface area contributed by atoms with Crippen molar-refractivity contribution >= 4 is 0 Å². The lowest BCUT2D eigenvalue weighted by Crippen LogP contribution is -2.49. The number of β-amino-alcohol motifs (C(OH)–C–C–N with tert-alkyl or cyclic N) is 1. The predicted molar refractivity (Wildman–Crippen MR) is 61.0 cm³/mol. The third-order valence-electron chi connectivity index (χ3n) is 2.86. The van der Waals surface area contributed by atoms with E-state index in [1.165, 1.54) is 12.1 Å². The molecule has 1 fully saturated rings. The van der Waals surface area contributed by atoms with Gasteiger partial charge in [-0.25, -0.2) is 4.39 Å². The maximum Gasteiger partial charge on any atom is 0.257 e. The molecule has 1 aromatic heterocycles. The van der Waals surface area contributed by atoms with E-state index in [9.17, 15) is 4.39 Å². The molecule has 1 aliphatic rings. The number of nitrogens with zero attached hydrogens (tertiary/aromatic N) is 3. The van der Waals surface area contributed by atoms with Gasteiger partial charge in [0, 0.05) is 18.7 Å². The van der Waals surface area contributed by atoms with E-state index in [-0.39, 0.29) is 11.9 Å². The smallest absolute Gasteiger partial charge is 0.257 e. The second kappa shape index (κ2) is 4.47. The fourth-order valence-corrected chi connectivity index (χ4v) is 1.90. The van der Waals surface area contributed by atoms with Gasteiger partial charge in [0.15, 0.2) is 5.82 Å². The number of rotatable bonds is 3. The third-order valence-corrected chi connectivity index (χ3v) is 2.86. The molecule has 0 bridgehead atoms. The first kappa shape index (κ1) is 11.3. The van der Waals surface area contributed by atoms with Gasteiger partial charge in [-0.05, 0) is 24.3 Å². The van der Waals surface area contributed by atoms with Crippen LogP contribution in [0.15, 0.2) is 28.8 Å². The Bertz CT molecular complexity index is 535. The van der Waals surface area contributed by atoms with Crippen LogP contribution in [-0.4, -0.2) is 39.3 Å². The lowest BCUT2D eigenvalue weighted by atomic mass is 10.2. The molecule has 5 nitrogen and oxygen atoms in total. The molecule has 0 atom stereocenters. The van der Waals surface area contributed by atoms with E-state index in [1.807, 2.05) is 4.90 Å². The highest BCUT2D eigenvalue weighted by Crippen LogP contribution is 2.18. The molecular formula is C12H12FN3O2. The summed E-state index contributed by atoms with van der Waals surface area (Å²) < 4.78 is 17.9. The van der Waals surface area contributed by atoms with Gasteiger partial charge in [0.25, 0.3) is 5.89 Å². The molecule has 6 heteroatoms. The Morgan fingerprint density at radius 1 is 1.33 bits per heavy atom. The van der Waals surface area contributed by atoms with Gasteiger partial charge >= 0.3 is 0 Å². The Morgan fingerprint density at radius 3 is 2.72 bits per heavy atom. The highest BCUT2D eigenvalue weighted by molar-refractivity contribution is 5.52. The van der Waals surface area contributed by atoms with Crippen LogP contribution in [0.5, 0.6) is 0 Å². The summed E-state index contributed by atoms with van der Waals surface area (Å²) in [6.07, 6.45) is -0.242. The van der Waals surface area contributed by atoms with Gasteiger partial charge in [0.05, 0.1) is 12.6 Å². The molecule has 1 aromatic carbocycles. The molecule has 1 aliphatic heterocycles. The normalized spacial score (nSPS) is 16.8. The number of halogens is 1. The van der Waals surface area contributed by atoms with E-state index in [0.717, 1.165) is 0 Å². The van der Waals surface area contributed by atoms with Crippen LogP contribution >= 0.6 is 0 Å². The molecule has 2 aromatic rings. The van der Waals surface area contributed by atoms with Crippen molar-refractivity contribution in [3.8, 4) is 11.5 Å². The first-order valence-corrected chi connectivity index (χ1v) is 5.69. The zero-order valence-electron chi connectivity index (χ0n) is 9.58. The fourth-order valence-electron chi connectivity index (χ4n) is 1.90. The highest BCUT2D eigenvalue weighted by Gasteiger charge is 2.25. The molecule has 2 heterocycles.